The molecule has 5 aromatic rings. The number of hydrogen-bond acceptors (Lipinski definition) is 9. The molecule has 3 aromatic carbocycles. The first-order valence-corrected chi connectivity index (χ1v) is 18.7. The van der Waals surface area contributed by atoms with Crippen LogP contribution in [0, 0.1) is 46.1 Å². The third kappa shape index (κ3) is 4.70. The van der Waals surface area contributed by atoms with Gasteiger partial charge in [-0.2, -0.15) is 5.10 Å². The molecule has 9 rings (SSSR count). The van der Waals surface area contributed by atoms with Gasteiger partial charge in [0.1, 0.15) is 17.3 Å². The van der Waals surface area contributed by atoms with Crippen molar-refractivity contribution in [3.63, 3.8) is 0 Å². The molecule has 2 aliphatic carbocycles. The van der Waals surface area contributed by atoms with Crippen LogP contribution in [0.15, 0.2) is 84.4 Å². The highest BCUT2D eigenvalue weighted by molar-refractivity contribution is 7.22. The number of allylic oxidation sites excluding steroid dienone is 2. The Labute approximate surface area is 317 Å². The molecule has 0 spiro atoms. The number of hydrogen-bond donors (Lipinski definition) is 1. The summed E-state index contributed by atoms with van der Waals surface area (Å²) in [7, 11) is 1.69. The first kappa shape index (κ1) is 34.1. The zero-order chi connectivity index (χ0) is 38.0. The minimum atomic E-state index is -1.29. The molecule has 14 heteroatoms. The number of non-ortho nitro benzene ring substituents is 1. The van der Waals surface area contributed by atoms with Crippen LogP contribution >= 0.6 is 22.9 Å². The van der Waals surface area contributed by atoms with Crippen molar-refractivity contribution in [3.05, 3.63) is 111 Å². The second-order valence-corrected chi connectivity index (χ2v) is 16.2. The Bertz CT molecular complexity index is 2540. The van der Waals surface area contributed by atoms with E-state index in [2.05, 4.69) is 0 Å². The van der Waals surface area contributed by atoms with Crippen LogP contribution in [0.2, 0.25) is 5.02 Å². The molecule has 12 nitrogen and oxygen atoms in total. The molecule has 272 valence electrons. The van der Waals surface area contributed by atoms with Gasteiger partial charge in [0.05, 0.1) is 38.7 Å². The molecule has 54 heavy (non-hydrogen) atoms. The van der Waals surface area contributed by atoms with Gasteiger partial charge in [0.15, 0.2) is 0 Å². The van der Waals surface area contributed by atoms with Crippen molar-refractivity contribution < 1.29 is 29.2 Å². The van der Waals surface area contributed by atoms with E-state index >= 15 is 0 Å². The topological polar surface area (TPSA) is 156 Å². The third-order valence-electron chi connectivity index (χ3n) is 12.0. The summed E-state index contributed by atoms with van der Waals surface area (Å²) in [6, 6.07) is 19.4. The maximum Gasteiger partial charge on any atom is 0.271 e. The molecule has 0 radical (unpaired) electrons. The lowest BCUT2D eigenvalue weighted by atomic mass is 9.51. The number of thiophene rings is 1. The summed E-state index contributed by atoms with van der Waals surface area (Å²) in [5.74, 6) is -5.11. The number of nitro groups is 1. The highest BCUT2D eigenvalue weighted by Crippen LogP contribution is 2.64. The van der Waals surface area contributed by atoms with Gasteiger partial charge in [0.25, 0.3) is 5.69 Å². The molecule has 0 bridgehead atoms. The zero-order valence-electron chi connectivity index (χ0n) is 29.2. The number of halogens is 1. The molecule has 4 aliphatic rings. The summed E-state index contributed by atoms with van der Waals surface area (Å²) in [4.78, 5) is 72.2. The summed E-state index contributed by atoms with van der Waals surface area (Å²) in [5.41, 5.74) is 1.65. The van der Waals surface area contributed by atoms with Gasteiger partial charge < -0.3 is 5.11 Å². The fraction of sp³-hybridized carbons (Fsp3) is 0.275. The van der Waals surface area contributed by atoms with Crippen molar-refractivity contribution in [2.24, 2.45) is 36.1 Å². The molecular formula is C40H32ClN5O7S. The first-order valence-electron chi connectivity index (χ1n) is 17.5. The Morgan fingerprint density at radius 1 is 0.963 bits per heavy atom. The van der Waals surface area contributed by atoms with E-state index in [1.165, 1.54) is 46.0 Å². The number of imide groups is 2. The number of rotatable bonds is 5. The maximum atomic E-state index is 15.0. The maximum absolute atomic E-state index is 15.0. The fourth-order valence-electron chi connectivity index (χ4n) is 9.50. The van der Waals surface area contributed by atoms with E-state index in [1.807, 2.05) is 31.2 Å². The first-order chi connectivity index (χ1) is 25.8. The average molecular weight is 762 g/mol. The lowest BCUT2D eigenvalue weighted by Crippen LogP contribution is -2.48. The Hall–Kier alpha value is -5.66. The highest BCUT2D eigenvalue weighted by Gasteiger charge is 2.68. The van der Waals surface area contributed by atoms with Gasteiger partial charge in [-0.15, -0.1) is 11.3 Å². The monoisotopic (exact) mass is 761 g/mol. The summed E-state index contributed by atoms with van der Waals surface area (Å²) >= 11 is 7.84. The number of nitrogens with zero attached hydrogens (tertiary/aromatic N) is 5. The minimum Gasteiger partial charge on any atom is -0.508 e. The van der Waals surface area contributed by atoms with Crippen molar-refractivity contribution in [2.75, 3.05) is 9.80 Å². The van der Waals surface area contributed by atoms with E-state index < -0.39 is 63.6 Å². The molecule has 1 N–H and O–H groups in total. The molecule has 2 aliphatic heterocycles. The smallest absolute Gasteiger partial charge is 0.271 e. The minimum absolute atomic E-state index is 0.0336. The lowest BCUT2D eigenvalue weighted by molar-refractivity contribution is -0.384. The van der Waals surface area contributed by atoms with Gasteiger partial charge in [-0.05, 0) is 85.5 Å². The predicted octanol–water partition coefficient (Wildman–Crippen LogP) is 7.31. The second-order valence-electron chi connectivity index (χ2n) is 14.7. The van der Waals surface area contributed by atoms with Crippen LogP contribution in [-0.2, 0) is 26.2 Å². The van der Waals surface area contributed by atoms with Crippen molar-refractivity contribution in [3.8, 4) is 16.3 Å². The molecule has 2 aromatic heterocycles. The number of aryl methyl sites for hydroxylation is 2. The van der Waals surface area contributed by atoms with Crippen LogP contribution in [-0.4, -0.2) is 43.4 Å². The van der Waals surface area contributed by atoms with E-state index in [-0.39, 0.29) is 30.0 Å². The number of benzene rings is 3. The summed E-state index contributed by atoms with van der Waals surface area (Å²) in [6.07, 6.45) is 2.30. The van der Waals surface area contributed by atoms with Gasteiger partial charge >= 0.3 is 0 Å². The number of aromatic hydroxyl groups is 1. The Balaban J connectivity index is 1.14. The number of phenols is 1. The van der Waals surface area contributed by atoms with Gasteiger partial charge in [-0.1, -0.05) is 41.4 Å². The van der Waals surface area contributed by atoms with Gasteiger partial charge in [0, 0.05) is 40.9 Å². The van der Waals surface area contributed by atoms with Crippen LogP contribution in [0.3, 0.4) is 0 Å². The number of nitro benzene ring substituents is 1. The number of amides is 4. The van der Waals surface area contributed by atoms with Crippen molar-refractivity contribution in [1.82, 2.24) is 9.78 Å². The number of anilines is 2. The van der Waals surface area contributed by atoms with Crippen LogP contribution in [0.4, 0.5) is 17.2 Å². The van der Waals surface area contributed by atoms with Crippen molar-refractivity contribution in [2.45, 2.75) is 32.6 Å². The number of phenolic OH excluding ortho intramolecular Hbond substituents is 1. The van der Waals surface area contributed by atoms with Crippen LogP contribution < -0.4 is 9.80 Å². The summed E-state index contributed by atoms with van der Waals surface area (Å²) < 4.78 is 2.57. The number of fused-ring (bicyclic) bond motifs is 5. The van der Waals surface area contributed by atoms with E-state index in [0.29, 0.717) is 22.1 Å². The fourth-order valence-corrected chi connectivity index (χ4v) is 10.8. The van der Waals surface area contributed by atoms with Crippen LogP contribution in [0.5, 0.6) is 5.75 Å². The number of carbonyl (C=O) groups is 4. The second kappa shape index (κ2) is 11.9. The van der Waals surface area contributed by atoms with Gasteiger partial charge in [0.2, 0.25) is 23.6 Å². The molecule has 4 amide bonds. The summed E-state index contributed by atoms with van der Waals surface area (Å²) in [5, 5.41) is 28.2. The Morgan fingerprint density at radius 2 is 1.72 bits per heavy atom. The predicted molar refractivity (Wildman–Crippen MR) is 202 cm³/mol. The van der Waals surface area contributed by atoms with Crippen molar-refractivity contribution in [1.29, 1.82) is 0 Å². The molecule has 1 saturated carbocycles. The summed E-state index contributed by atoms with van der Waals surface area (Å²) in [6.45, 7) is 3.79. The van der Waals surface area contributed by atoms with Crippen LogP contribution in [0.1, 0.15) is 36.8 Å². The van der Waals surface area contributed by atoms with Gasteiger partial charge in [-0.25, -0.2) is 9.80 Å². The zero-order valence-corrected chi connectivity index (χ0v) is 30.8. The molecule has 4 heterocycles. The van der Waals surface area contributed by atoms with Gasteiger partial charge in [-0.3, -0.25) is 34.0 Å². The Morgan fingerprint density at radius 3 is 2.46 bits per heavy atom. The highest BCUT2D eigenvalue weighted by atomic mass is 35.5. The van der Waals surface area contributed by atoms with Crippen LogP contribution in [0.25, 0.3) is 20.7 Å². The molecule has 6 atom stereocenters. The molecule has 0 unspecified atom stereocenters. The molecule has 3 fully saturated rings. The standard InChI is InChI=1S/C40H32ClN5O7S/c1-19-27-15-21(41)9-14-31(27)54-35(19)30-18-32(43(3)42-30)45-37(49)29-17-28-25(34(40(29,2)39(45)51)20-7-10-24(47)11-8-20)12-13-26-33(28)38(50)44(36(26)48)22-5-4-6-23(16-22)46(52)53/h4-12,14-16,18,26,28-29,33-34,47H,13,17H2,1-3H3/t26-,28+,29-,33-,34-,40+/m0/s1. The molecular weight excluding hydrogens is 730 g/mol. The van der Waals surface area contributed by atoms with E-state index in [9.17, 15) is 34.4 Å². The van der Waals surface area contributed by atoms with E-state index in [0.717, 1.165) is 31.0 Å². The molecule has 2 saturated heterocycles. The largest absolute Gasteiger partial charge is 0.508 e. The number of carbonyl (C=O) groups excluding carboxylic acids is 4. The SMILES string of the molecule is Cc1c(-c2cc(N3C(=O)[C@@H]4C[C@@H]5C(=CC[C@@H]6C(=O)N(c7cccc([N+](=O)[O-])c7)C(=O)[C@@H]65)[C@H](c5ccc(O)cc5)[C@]4(C)C3=O)n(C)n2)sc2ccc(Cl)cc12. The quantitative estimate of drug-likeness (QED) is 0.0846. The number of aromatic nitrogens is 2. The van der Waals surface area contributed by atoms with E-state index in [4.69, 9.17) is 16.7 Å². The Kier molecular flexibility index (Phi) is 7.54. The van der Waals surface area contributed by atoms with E-state index in [1.54, 1.807) is 43.5 Å². The normalized spacial score (nSPS) is 26.3. The van der Waals surface area contributed by atoms with Crippen molar-refractivity contribution >= 4 is 73.8 Å². The average Bonchev–Trinajstić information content (AvgIpc) is 3.82. The third-order valence-corrected chi connectivity index (χ3v) is 13.5. The lowest BCUT2D eigenvalue weighted by Gasteiger charge is -2.49.